The summed E-state index contributed by atoms with van der Waals surface area (Å²) in [7, 11) is -2.15. The number of aliphatic hydroxyl groups is 1. The van der Waals surface area contributed by atoms with Crippen LogP contribution in [0.4, 0.5) is 0 Å². The first kappa shape index (κ1) is 23.6. The van der Waals surface area contributed by atoms with E-state index in [0.717, 1.165) is 12.8 Å². The lowest BCUT2D eigenvalue weighted by atomic mass is 10.0. The van der Waals surface area contributed by atoms with E-state index in [1.165, 1.54) is 10.4 Å². The zero-order valence-corrected chi connectivity index (χ0v) is 19.5. The van der Waals surface area contributed by atoms with Crippen LogP contribution in [0.3, 0.4) is 0 Å². The van der Waals surface area contributed by atoms with Gasteiger partial charge in [-0.15, -0.1) is 0 Å². The van der Waals surface area contributed by atoms with Gasteiger partial charge in [-0.2, -0.15) is 4.31 Å². The molecular formula is C23H32N2O5S. The Morgan fingerprint density at radius 3 is 2.71 bits per heavy atom. The molecule has 3 rings (SSSR count). The van der Waals surface area contributed by atoms with Gasteiger partial charge in [0, 0.05) is 43.5 Å². The molecule has 31 heavy (non-hydrogen) atoms. The smallest absolute Gasteiger partial charge is 0.247 e. The second-order valence-electron chi connectivity index (χ2n) is 8.57. The molecule has 1 aliphatic carbocycles. The minimum Gasteiger partial charge on any atom is -0.487 e. The lowest BCUT2D eigenvalue weighted by Crippen LogP contribution is -2.50. The number of fused-ring (bicyclic) bond motifs is 1. The molecule has 0 aromatic heterocycles. The summed E-state index contributed by atoms with van der Waals surface area (Å²) >= 11 is 0. The molecule has 1 amide bonds. The summed E-state index contributed by atoms with van der Waals surface area (Å²) in [5.74, 6) is 6.76. The second kappa shape index (κ2) is 9.60. The van der Waals surface area contributed by atoms with E-state index in [2.05, 4.69) is 11.8 Å². The normalized spacial score (nSPS) is 23.9. The molecule has 0 saturated heterocycles. The van der Waals surface area contributed by atoms with Gasteiger partial charge >= 0.3 is 0 Å². The number of nitrogens with zero attached hydrogens (tertiary/aromatic N) is 2. The van der Waals surface area contributed by atoms with Crippen molar-refractivity contribution in [1.29, 1.82) is 0 Å². The van der Waals surface area contributed by atoms with Crippen LogP contribution in [0, 0.1) is 23.7 Å². The van der Waals surface area contributed by atoms with Crippen LogP contribution in [0.1, 0.15) is 45.6 Å². The molecule has 0 bridgehead atoms. The van der Waals surface area contributed by atoms with Gasteiger partial charge in [-0.05, 0) is 38.0 Å². The highest BCUT2D eigenvalue weighted by Gasteiger charge is 2.38. The summed E-state index contributed by atoms with van der Waals surface area (Å²) in [6, 6.07) is 4.33. The van der Waals surface area contributed by atoms with Crippen molar-refractivity contribution in [2.24, 2.45) is 11.8 Å². The highest BCUT2D eigenvalue weighted by molar-refractivity contribution is 7.89. The molecule has 1 aliphatic heterocycles. The molecule has 3 atom stereocenters. The molecule has 2 aliphatic rings. The monoisotopic (exact) mass is 448 g/mol. The van der Waals surface area contributed by atoms with Gasteiger partial charge < -0.3 is 14.7 Å². The van der Waals surface area contributed by atoms with Crippen LogP contribution in [0.5, 0.6) is 5.75 Å². The summed E-state index contributed by atoms with van der Waals surface area (Å²) < 4.78 is 34.4. The third-order valence-corrected chi connectivity index (χ3v) is 7.87. The first-order valence-electron chi connectivity index (χ1n) is 10.9. The van der Waals surface area contributed by atoms with Gasteiger partial charge in [-0.1, -0.05) is 25.7 Å². The molecule has 8 heteroatoms. The number of rotatable bonds is 5. The van der Waals surface area contributed by atoms with E-state index in [1.807, 2.05) is 6.92 Å². The predicted molar refractivity (Wildman–Crippen MR) is 118 cm³/mol. The van der Waals surface area contributed by atoms with E-state index < -0.39 is 22.2 Å². The van der Waals surface area contributed by atoms with E-state index in [0.29, 0.717) is 24.4 Å². The summed E-state index contributed by atoms with van der Waals surface area (Å²) in [6.07, 6.45) is 2.19. The van der Waals surface area contributed by atoms with E-state index in [1.54, 1.807) is 37.9 Å². The van der Waals surface area contributed by atoms with E-state index in [-0.39, 0.29) is 35.6 Å². The first-order valence-corrected chi connectivity index (χ1v) is 12.3. The first-order chi connectivity index (χ1) is 14.7. The summed E-state index contributed by atoms with van der Waals surface area (Å²) in [5, 5.41) is 9.70. The van der Waals surface area contributed by atoms with E-state index in [9.17, 15) is 18.3 Å². The van der Waals surface area contributed by atoms with Gasteiger partial charge in [0.05, 0.1) is 13.2 Å². The van der Waals surface area contributed by atoms with E-state index in [4.69, 9.17) is 4.74 Å². The van der Waals surface area contributed by atoms with Crippen molar-refractivity contribution < 1.29 is 23.1 Å². The van der Waals surface area contributed by atoms with Crippen molar-refractivity contribution in [2.45, 2.75) is 57.1 Å². The lowest BCUT2D eigenvalue weighted by Gasteiger charge is -2.37. The van der Waals surface area contributed by atoms with Crippen molar-refractivity contribution in [2.75, 3.05) is 26.7 Å². The fourth-order valence-electron chi connectivity index (χ4n) is 3.58. The molecular weight excluding hydrogens is 416 g/mol. The van der Waals surface area contributed by atoms with Crippen molar-refractivity contribution in [3.63, 3.8) is 0 Å². The Morgan fingerprint density at radius 1 is 1.39 bits per heavy atom. The van der Waals surface area contributed by atoms with Gasteiger partial charge in [0.25, 0.3) is 0 Å². The van der Waals surface area contributed by atoms with Crippen molar-refractivity contribution in [3.8, 4) is 17.6 Å². The molecule has 170 valence electrons. The summed E-state index contributed by atoms with van der Waals surface area (Å²) in [5.41, 5.74) is 0.701. The Hall–Kier alpha value is -2.08. The number of sulfonamides is 1. The maximum absolute atomic E-state index is 13.4. The topological polar surface area (TPSA) is 87.2 Å². The van der Waals surface area contributed by atoms with Crippen LogP contribution >= 0.6 is 0 Å². The summed E-state index contributed by atoms with van der Waals surface area (Å²) in [4.78, 5) is 13.8. The van der Waals surface area contributed by atoms with Crippen molar-refractivity contribution in [3.05, 3.63) is 23.8 Å². The third-order valence-electron chi connectivity index (χ3n) is 5.85. The molecule has 1 fully saturated rings. The van der Waals surface area contributed by atoms with E-state index >= 15 is 0 Å². The van der Waals surface area contributed by atoms with Crippen LogP contribution in [0.15, 0.2) is 23.1 Å². The number of benzene rings is 1. The van der Waals surface area contributed by atoms with Gasteiger partial charge in [0.15, 0.2) is 0 Å². The van der Waals surface area contributed by atoms with Gasteiger partial charge in [0.2, 0.25) is 15.9 Å². The standard InChI is InChI=1S/C23H32N2O5S/c1-5-23(27)24(4)14-21-16(2)13-25(17(3)15-26)31(28,29)22-11-10-19(12-20(22)30-21)9-8-18-6-7-18/h10-12,16-18,21,26H,5-7,13-15H2,1-4H3/t16-,17-,21+/m0/s1. The quantitative estimate of drug-likeness (QED) is 0.697. The lowest BCUT2D eigenvalue weighted by molar-refractivity contribution is -0.131. The fourth-order valence-corrected chi connectivity index (χ4v) is 5.40. The van der Waals surface area contributed by atoms with Gasteiger partial charge in [-0.25, -0.2) is 8.42 Å². The number of aliphatic hydroxyl groups excluding tert-OH is 1. The van der Waals surface area contributed by atoms with Crippen LogP contribution in [-0.2, 0) is 14.8 Å². The third kappa shape index (κ3) is 5.40. The molecule has 0 spiro atoms. The van der Waals surface area contributed by atoms with Gasteiger partial charge in [0.1, 0.15) is 16.7 Å². The average molecular weight is 449 g/mol. The molecule has 0 unspecified atom stereocenters. The Labute approximate surface area is 185 Å². The molecule has 0 radical (unpaired) electrons. The minimum absolute atomic E-state index is 0.00432. The highest BCUT2D eigenvalue weighted by atomic mass is 32.2. The van der Waals surface area contributed by atoms with Crippen LogP contribution in [0.2, 0.25) is 0 Å². The molecule has 1 aromatic rings. The van der Waals surface area contributed by atoms with Crippen molar-refractivity contribution >= 4 is 15.9 Å². The van der Waals surface area contributed by atoms with Crippen molar-refractivity contribution in [1.82, 2.24) is 9.21 Å². The number of carbonyl (C=O) groups excluding carboxylic acids is 1. The molecule has 7 nitrogen and oxygen atoms in total. The fraction of sp³-hybridized carbons (Fsp3) is 0.609. The second-order valence-corrected chi connectivity index (χ2v) is 10.4. The number of hydrogen-bond acceptors (Lipinski definition) is 5. The maximum Gasteiger partial charge on any atom is 0.247 e. The zero-order chi connectivity index (χ0) is 22.8. The molecule has 1 N–H and O–H groups in total. The highest BCUT2D eigenvalue weighted by Crippen LogP contribution is 2.34. The largest absolute Gasteiger partial charge is 0.487 e. The van der Waals surface area contributed by atoms with Crippen LogP contribution in [-0.4, -0.2) is 67.5 Å². The van der Waals surface area contributed by atoms with Gasteiger partial charge in [-0.3, -0.25) is 4.79 Å². The SMILES string of the molecule is CCC(=O)N(C)C[C@H]1Oc2cc(C#CC3CC3)ccc2S(=O)(=O)N([C@@H](C)CO)C[C@@H]1C. The zero-order valence-electron chi connectivity index (χ0n) is 18.7. The minimum atomic E-state index is -3.88. The molecule has 1 heterocycles. The Bertz CT molecular complexity index is 977. The number of carbonyl (C=O) groups is 1. The molecule has 1 saturated carbocycles. The predicted octanol–water partition coefficient (Wildman–Crippen LogP) is 2.09. The number of likely N-dealkylation sites (N-methyl/N-ethyl adjacent to an activating group) is 1. The number of hydrogen-bond donors (Lipinski definition) is 1. The molecule has 1 aromatic carbocycles. The Balaban J connectivity index is 2.04. The average Bonchev–Trinajstić information content (AvgIpc) is 3.57. The van der Waals surface area contributed by atoms with Crippen LogP contribution < -0.4 is 4.74 Å². The maximum atomic E-state index is 13.4. The Morgan fingerprint density at radius 2 is 2.10 bits per heavy atom. The number of amides is 1. The Kier molecular flexibility index (Phi) is 7.30. The van der Waals surface area contributed by atoms with Crippen LogP contribution in [0.25, 0.3) is 0 Å². The number of ether oxygens (including phenoxy) is 1. The summed E-state index contributed by atoms with van der Waals surface area (Å²) in [6.45, 7) is 5.63.